The minimum atomic E-state index is 0.587. The van der Waals surface area contributed by atoms with Gasteiger partial charge in [-0.15, -0.1) is 0 Å². The van der Waals surface area contributed by atoms with Crippen molar-refractivity contribution in [2.75, 3.05) is 11.9 Å². The highest BCUT2D eigenvalue weighted by atomic mass is 15.4. The molecule has 0 saturated heterocycles. The van der Waals surface area contributed by atoms with Crippen LogP contribution in [0, 0.1) is 0 Å². The summed E-state index contributed by atoms with van der Waals surface area (Å²) in [6, 6.07) is 26.8. The van der Waals surface area contributed by atoms with Gasteiger partial charge in [-0.3, -0.25) is 0 Å². The van der Waals surface area contributed by atoms with Gasteiger partial charge in [-0.1, -0.05) is 72.8 Å². The number of hydrazine groups is 1. The Morgan fingerprint density at radius 3 is 2.26 bits per heavy atom. The summed E-state index contributed by atoms with van der Waals surface area (Å²) in [5, 5.41) is 1.77. The second-order valence-corrected chi connectivity index (χ2v) is 6.91. The summed E-state index contributed by atoms with van der Waals surface area (Å²) in [4.78, 5) is 2.23. The van der Waals surface area contributed by atoms with Crippen LogP contribution in [0.3, 0.4) is 0 Å². The van der Waals surface area contributed by atoms with Crippen molar-refractivity contribution in [3.8, 4) is 0 Å². The molecule has 4 rings (SSSR count). The smallest absolute Gasteiger partial charge is 0.0833 e. The lowest BCUT2D eigenvalue weighted by Gasteiger charge is -2.32. The Kier molecular flexibility index (Phi) is 4.57. The zero-order valence-corrected chi connectivity index (χ0v) is 15.5. The molecule has 136 valence electrons. The van der Waals surface area contributed by atoms with E-state index in [0.717, 1.165) is 34.6 Å². The third kappa shape index (κ3) is 3.27. The molecule has 3 aromatic carbocycles. The van der Waals surface area contributed by atoms with E-state index in [1.165, 1.54) is 5.56 Å². The van der Waals surface area contributed by atoms with Gasteiger partial charge >= 0.3 is 0 Å². The number of benzene rings is 3. The van der Waals surface area contributed by atoms with Crippen LogP contribution in [0.4, 0.5) is 5.69 Å². The van der Waals surface area contributed by atoms with E-state index in [4.69, 9.17) is 11.6 Å². The minimum absolute atomic E-state index is 0.587. The molecule has 0 bridgehead atoms. The van der Waals surface area contributed by atoms with Gasteiger partial charge in [-0.05, 0) is 17.2 Å². The first kappa shape index (κ1) is 17.2. The maximum atomic E-state index is 6.72. The molecule has 0 aromatic heterocycles. The van der Waals surface area contributed by atoms with Crippen LogP contribution in [0.2, 0.25) is 0 Å². The Morgan fingerprint density at radius 2 is 1.48 bits per heavy atom. The molecule has 1 aliphatic heterocycles. The van der Waals surface area contributed by atoms with Crippen molar-refractivity contribution in [2.24, 2.45) is 11.6 Å². The largest absolute Gasteiger partial charge is 0.396 e. The van der Waals surface area contributed by atoms with Gasteiger partial charge in [0.15, 0.2) is 0 Å². The molecule has 0 fully saturated rings. The number of hydrogen-bond donors (Lipinski definition) is 2. The third-order valence-electron chi connectivity index (χ3n) is 5.02. The molecule has 0 amide bonds. The van der Waals surface area contributed by atoms with E-state index < -0.39 is 0 Å². The first-order valence-corrected chi connectivity index (χ1v) is 9.10. The van der Waals surface area contributed by atoms with E-state index in [9.17, 15) is 0 Å². The van der Waals surface area contributed by atoms with Crippen molar-refractivity contribution in [2.45, 2.75) is 13.1 Å². The van der Waals surface area contributed by atoms with Gasteiger partial charge in [0.05, 0.1) is 17.9 Å². The molecule has 1 aliphatic rings. The molecule has 0 saturated carbocycles. The molecule has 4 nitrogen and oxygen atoms in total. The number of nitrogens with two attached hydrogens (primary N) is 2. The fourth-order valence-corrected chi connectivity index (χ4v) is 3.71. The van der Waals surface area contributed by atoms with Crippen LogP contribution in [-0.2, 0) is 13.1 Å². The van der Waals surface area contributed by atoms with Crippen LogP contribution in [-0.4, -0.2) is 12.1 Å². The van der Waals surface area contributed by atoms with Gasteiger partial charge in [-0.25, -0.2) is 5.84 Å². The molecule has 0 radical (unpaired) electrons. The van der Waals surface area contributed by atoms with Gasteiger partial charge in [0, 0.05) is 30.4 Å². The lowest BCUT2D eigenvalue weighted by molar-refractivity contribution is 0.410. The maximum Gasteiger partial charge on any atom is 0.0833 e. The van der Waals surface area contributed by atoms with Crippen molar-refractivity contribution in [3.05, 3.63) is 101 Å². The van der Waals surface area contributed by atoms with Crippen molar-refractivity contribution < 1.29 is 0 Å². The van der Waals surface area contributed by atoms with Crippen LogP contribution < -0.4 is 16.5 Å². The van der Waals surface area contributed by atoms with Gasteiger partial charge in [0.2, 0.25) is 0 Å². The number of fused-ring (bicyclic) bond motifs is 2. The predicted octanol–water partition coefficient (Wildman–Crippen LogP) is 3.80. The molecule has 4 heteroatoms. The summed E-state index contributed by atoms with van der Waals surface area (Å²) in [6.45, 7) is 1.38. The van der Waals surface area contributed by atoms with Gasteiger partial charge in [0.1, 0.15) is 0 Å². The highest BCUT2D eigenvalue weighted by Crippen LogP contribution is 2.35. The number of rotatable bonds is 3. The minimum Gasteiger partial charge on any atom is -0.396 e. The van der Waals surface area contributed by atoms with Crippen LogP contribution in [0.25, 0.3) is 11.4 Å². The Morgan fingerprint density at radius 1 is 0.852 bits per heavy atom. The number of hydrogen-bond acceptors (Lipinski definition) is 4. The van der Waals surface area contributed by atoms with E-state index in [-0.39, 0.29) is 0 Å². The van der Waals surface area contributed by atoms with Crippen LogP contribution in [0.5, 0.6) is 0 Å². The normalized spacial score (nSPS) is 16.1. The number of nitrogens with zero attached hydrogens (tertiary/aromatic N) is 2. The predicted molar refractivity (Wildman–Crippen MR) is 112 cm³/mol. The third-order valence-corrected chi connectivity index (χ3v) is 5.02. The Hall–Kier alpha value is -3.24. The van der Waals surface area contributed by atoms with Crippen LogP contribution in [0.1, 0.15) is 22.3 Å². The highest BCUT2D eigenvalue weighted by molar-refractivity contribution is 5.93. The molecule has 0 atom stereocenters. The van der Waals surface area contributed by atoms with E-state index in [1.54, 1.807) is 5.01 Å². The summed E-state index contributed by atoms with van der Waals surface area (Å²) in [5.74, 6) is 6.58. The first-order valence-electron chi connectivity index (χ1n) is 9.10. The topological polar surface area (TPSA) is 58.5 Å². The molecular formula is C23H24N4. The second-order valence-electron chi connectivity index (χ2n) is 6.91. The summed E-state index contributed by atoms with van der Waals surface area (Å²) in [7, 11) is 2.10. The Balaban J connectivity index is 1.89. The van der Waals surface area contributed by atoms with Crippen LogP contribution >= 0.6 is 0 Å². The molecule has 3 aromatic rings. The van der Waals surface area contributed by atoms with Crippen molar-refractivity contribution in [3.63, 3.8) is 0 Å². The average molecular weight is 356 g/mol. The van der Waals surface area contributed by atoms with E-state index in [1.807, 2.05) is 36.4 Å². The lowest BCUT2D eigenvalue weighted by atomic mass is 9.96. The van der Waals surface area contributed by atoms with E-state index in [0.29, 0.717) is 12.2 Å². The van der Waals surface area contributed by atoms with Gasteiger partial charge < -0.3 is 15.6 Å². The van der Waals surface area contributed by atoms with Crippen LogP contribution in [0.15, 0.2) is 78.9 Å². The number of para-hydroxylation sites is 1. The van der Waals surface area contributed by atoms with E-state index in [2.05, 4.69) is 54.4 Å². The zero-order valence-electron chi connectivity index (χ0n) is 15.5. The fraction of sp³-hybridized carbons (Fsp3) is 0.130. The Bertz CT molecular complexity index is 978. The molecule has 0 aliphatic carbocycles. The molecule has 27 heavy (non-hydrogen) atoms. The monoisotopic (exact) mass is 356 g/mol. The average Bonchev–Trinajstić information content (AvgIpc) is 2.69. The maximum absolute atomic E-state index is 6.72. The SMILES string of the molecule is CN1Cc2ccccc2/C(N(N)Cc2ccccc2)=C(/N)c2ccccc21. The van der Waals surface area contributed by atoms with Crippen molar-refractivity contribution >= 4 is 17.1 Å². The quantitative estimate of drug-likeness (QED) is 0.554. The Labute approximate surface area is 160 Å². The van der Waals surface area contributed by atoms with E-state index >= 15 is 0 Å². The summed E-state index contributed by atoms with van der Waals surface area (Å²) in [6.07, 6.45) is 0. The molecule has 4 N–H and O–H groups in total. The highest BCUT2D eigenvalue weighted by Gasteiger charge is 2.23. The molecule has 1 heterocycles. The number of anilines is 1. The fourth-order valence-electron chi connectivity index (χ4n) is 3.71. The molecule has 0 spiro atoms. The summed E-state index contributed by atoms with van der Waals surface area (Å²) < 4.78 is 0. The zero-order chi connectivity index (χ0) is 18.8. The standard InChI is InChI=1S/C23H24N4/c1-26-16-18-11-5-6-12-19(18)23(22(24)20-13-7-8-14-21(20)26)27(25)15-17-9-3-2-4-10-17/h2-14H,15-16,24-25H2,1H3/b23-22-. The summed E-state index contributed by atoms with van der Waals surface area (Å²) in [5.41, 5.74) is 13.8. The van der Waals surface area contributed by atoms with Crippen molar-refractivity contribution in [1.82, 2.24) is 5.01 Å². The van der Waals surface area contributed by atoms with Gasteiger partial charge in [0.25, 0.3) is 0 Å². The van der Waals surface area contributed by atoms with Gasteiger partial charge in [-0.2, -0.15) is 0 Å². The second kappa shape index (κ2) is 7.17. The first-order chi connectivity index (χ1) is 13.1. The molecule has 0 unspecified atom stereocenters. The summed E-state index contributed by atoms with van der Waals surface area (Å²) >= 11 is 0. The lowest BCUT2D eigenvalue weighted by Crippen LogP contribution is -2.33. The van der Waals surface area contributed by atoms with Crippen molar-refractivity contribution in [1.29, 1.82) is 0 Å². The molecular weight excluding hydrogens is 332 g/mol.